The maximum absolute atomic E-state index is 13.1. The first-order valence-electron chi connectivity index (χ1n) is 10.4. The van der Waals surface area contributed by atoms with Crippen LogP contribution in [0.2, 0.25) is 5.15 Å². The van der Waals surface area contributed by atoms with E-state index in [0.29, 0.717) is 32.2 Å². The van der Waals surface area contributed by atoms with E-state index in [1.165, 1.54) is 0 Å². The number of rotatable bonds is 5. The van der Waals surface area contributed by atoms with Crippen LogP contribution in [-0.4, -0.2) is 55.1 Å². The van der Waals surface area contributed by atoms with Crippen molar-refractivity contribution in [2.45, 2.75) is 23.5 Å². The van der Waals surface area contributed by atoms with Crippen LogP contribution < -0.4 is 15.1 Å². The first-order valence-corrected chi connectivity index (χ1v) is 11.5. The smallest absolute Gasteiger partial charge is 0.354 e. The van der Waals surface area contributed by atoms with Gasteiger partial charge in [0.05, 0.1) is 5.56 Å². The number of pyridine rings is 1. The predicted molar refractivity (Wildman–Crippen MR) is 124 cm³/mol. The Morgan fingerprint density at radius 3 is 2.41 bits per heavy atom. The van der Waals surface area contributed by atoms with Crippen molar-refractivity contribution in [2.75, 3.05) is 49.6 Å². The Balaban J connectivity index is 1.34. The third-order valence-corrected chi connectivity index (χ3v) is 7.03. The number of hydrogen-bond acceptors (Lipinski definition) is 6. The van der Waals surface area contributed by atoms with Crippen molar-refractivity contribution in [1.29, 1.82) is 0 Å². The number of benzene rings is 1. The first-order chi connectivity index (χ1) is 15.2. The molecule has 172 valence electrons. The molecule has 0 bridgehead atoms. The molecule has 3 heterocycles. The minimum Gasteiger partial charge on any atom is -0.354 e. The molecular formula is C22H25ClF3N5S. The van der Waals surface area contributed by atoms with Gasteiger partial charge in [-0.25, -0.2) is 9.29 Å². The van der Waals surface area contributed by atoms with Gasteiger partial charge >= 0.3 is 6.18 Å². The van der Waals surface area contributed by atoms with Crippen molar-refractivity contribution in [3.8, 4) is 0 Å². The van der Waals surface area contributed by atoms with Crippen LogP contribution in [0.4, 0.5) is 24.7 Å². The molecule has 1 atom stereocenters. The lowest BCUT2D eigenvalue weighted by Crippen LogP contribution is -2.43. The van der Waals surface area contributed by atoms with E-state index >= 15 is 0 Å². The van der Waals surface area contributed by atoms with Gasteiger partial charge in [-0.05, 0) is 55.4 Å². The Hall–Kier alpha value is -1.94. The second-order valence-corrected chi connectivity index (χ2v) is 9.46. The summed E-state index contributed by atoms with van der Waals surface area (Å²) in [6.07, 6.45) is -3.50. The molecule has 2 saturated heterocycles. The number of anilines is 2. The van der Waals surface area contributed by atoms with E-state index in [1.54, 1.807) is 11.9 Å². The number of nitrogens with one attached hydrogen (secondary N) is 1. The normalized spacial score (nSPS) is 20.3. The fourth-order valence-corrected chi connectivity index (χ4v) is 5.05. The second-order valence-electron chi connectivity index (χ2n) is 7.90. The molecule has 1 unspecified atom stereocenters. The number of aromatic nitrogens is 1. The Morgan fingerprint density at radius 2 is 1.81 bits per heavy atom. The summed E-state index contributed by atoms with van der Waals surface area (Å²) in [6, 6.07) is 10.8. The summed E-state index contributed by atoms with van der Waals surface area (Å²) in [4.78, 5) is 9.30. The number of piperazine rings is 1. The van der Waals surface area contributed by atoms with E-state index < -0.39 is 11.7 Å². The number of halogens is 4. The maximum atomic E-state index is 13.1. The van der Waals surface area contributed by atoms with Gasteiger partial charge in [0.25, 0.3) is 0 Å². The van der Waals surface area contributed by atoms with Gasteiger partial charge in [-0.1, -0.05) is 18.2 Å². The lowest BCUT2D eigenvalue weighted by atomic mass is 10.2. The Labute approximate surface area is 195 Å². The van der Waals surface area contributed by atoms with E-state index in [-0.39, 0.29) is 11.0 Å². The third-order valence-electron chi connectivity index (χ3n) is 5.73. The molecule has 0 radical (unpaired) electrons. The van der Waals surface area contributed by atoms with Crippen LogP contribution in [0.5, 0.6) is 0 Å². The molecule has 0 spiro atoms. The third kappa shape index (κ3) is 5.33. The Morgan fingerprint density at radius 1 is 1.12 bits per heavy atom. The highest BCUT2D eigenvalue weighted by Crippen LogP contribution is 2.34. The highest BCUT2D eigenvalue weighted by Gasteiger charge is 2.32. The summed E-state index contributed by atoms with van der Waals surface area (Å²) < 4.78 is 41.4. The molecule has 0 aliphatic carbocycles. The number of nitrogens with zero attached hydrogens (tertiary/aromatic N) is 4. The van der Waals surface area contributed by atoms with Crippen LogP contribution in [0.25, 0.3) is 0 Å². The quantitative estimate of drug-likeness (QED) is 0.481. The van der Waals surface area contributed by atoms with E-state index in [4.69, 9.17) is 11.6 Å². The Kier molecular flexibility index (Phi) is 6.90. The van der Waals surface area contributed by atoms with Crippen LogP contribution in [0, 0.1) is 0 Å². The molecule has 2 aliphatic heterocycles. The molecule has 2 aliphatic rings. The Bertz CT molecular complexity index is 961. The molecule has 1 aromatic heterocycles. The van der Waals surface area contributed by atoms with E-state index in [9.17, 15) is 13.2 Å². The lowest BCUT2D eigenvalue weighted by Gasteiger charge is -2.34. The van der Waals surface area contributed by atoms with Crippen LogP contribution >= 0.6 is 23.5 Å². The average molecular weight is 484 g/mol. The fraction of sp³-hybridized carbons (Fsp3) is 0.409. The molecule has 0 saturated carbocycles. The second kappa shape index (κ2) is 9.51. The zero-order chi connectivity index (χ0) is 22.9. The highest BCUT2D eigenvalue weighted by atomic mass is 35.5. The average Bonchev–Trinajstić information content (AvgIpc) is 3.14. The highest BCUT2D eigenvalue weighted by molar-refractivity contribution is 7.97. The summed E-state index contributed by atoms with van der Waals surface area (Å²) in [5.74, 6) is 0.268. The lowest BCUT2D eigenvalue weighted by molar-refractivity contribution is -0.137. The predicted octanol–water partition coefficient (Wildman–Crippen LogP) is 4.89. The van der Waals surface area contributed by atoms with Crippen molar-refractivity contribution in [3.05, 3.63) is 59.4 Å². The molecule has 2 fully saturated rings. The van der Waals surface area contributed by atoms with Gasteiger partial charge in [0.1, 0.15) is 11.0 Å². The SMILES string of the molecule is C=C1CC(NC)CN1c1ccc(SN2CCN(c3cc(C(F)(F)F)cc(Cl)n3)CC2)cc1. The van der Waals surface area contributed by atoms with Crippen molar-refractivity contribution in [3.63, 3.8) is 0 Å². The van der Waals surface area contributed by atoms with Gasteiger partial charge in [0.2, 0.25) is 0 Å². The number of hydrogen-bond donors (Lipinski definition) is 1. The zero-order valence-corrected chi connectivity index (χ0v) is 19.3. The van der Waals surface area contributed by atoms with Gasteiger partial charge in [-0.2, -0.15) is 13.2 Å². The van der Waals surface area contributed by atoms with Crippen molar-refractivity contribution in [1.82, 2.24) is 14.6 Å². The molecule has 1 aromatic carbocycles. The van der Waals surface area contributed by atoms with Gasteiger partial charge in [0, 0.05) is 61.5 Å². The summed E-state index contributed by atoms with van der Waals surface area (Å²) in [7, 11) is 1.97. The molecule has 10 heteroatoms. The fourth-order valence-electron chi connectivity index (χ4n) is 3.94. The van der Waals surface area contributed by atoms with Crippen molar-refractivity contribution >= 4 is 35.1 Å². The van der Waals surface area contributed by atoms with E-state index in [1.807, 2.05) is 11.9 Å². The van der Waals surface area contributed by atoms with Gasteiger partial charge in [-0.15, -0.1) is 0 Å². The summed E-state index contributed by atoms with van der Waals surface area (Å²) in [5.41, 5.74) is 1.48. The minimum absolute atomic E-state index is 0.145. The summed E-state index contributed by atoms with van der Waals surface area (Å²) >= 11 is 7.49. The van der Waals surface area contributed by atoms with Crippen LogP contribution in [0.1, 0.15) is 12.0 Å². The van der Waals surface area contributed by atoms with Crippen molar-refractivity contribution in [2.24, 2.45) is 0 Å². The van der Waals surface area contributed by atoms with E-state index in [2.05, 4.69) is 50.4 Å². The number of alkyl halides is 3. The summed E-state index contributed by atoms with van der Waals surface area (Å²) in [6.45, 7) is 7.65. The van der Waals surface area contributed by atoms with E-state index in [0.717, 1.165) is 41.4 Å². The minimum atomic E-state index is -4.44. The molecule has 2 aromatic rings. The van der Waals surface area contributed by atoms with Gasteiger partial charge in [-0.3, -0.25) is 0 Å². The van der Waals surface area contributed by atoms with Crippen LogP contribution in [-0.2, 0) is 6.18 Å². The zero-order valence-electron chi connectivity index (χ0n) is 17.7. The largest absolute Gasteiger partial charge is 0.416 e. The van der Waals surface area contributed by atoms with Crippen molar-refractivity contribution < 1.29 is 13.2 Å². The monoisotopic (exact) mass is 483 g/mol. The molecule has 0 amide bonds. The summed E-state index contributed by atoms with van der Waals surface area (Å²) in [5, 5.41) is 3.16. The standard InChI is InChI=1S/C22H25ClF3N5S/c1-15-11-17(27-2)14-31(15)18-3-5-19(6-4-18)32-30-9-7-29(8-10-30)21-13-16(22(24,25)26)12-20(23)28-21/h3-6,12-13,17,27H,1,7-11,14H2,2H3. The molecule has 1 N–H and O–H groups in total. The molecule has 32 heavy (non-hydrogen) atoms. The molecular weight excluding hydrogens is 459 g/mol. The van der Waals surface area contributed by atoms with Gasteiger partial charge in [0.15, 0.2) is 0 Å². The first kappa shape index (κ1) is 23.2. The molecule has 4 rings (SSSR count). The van der Waals surface area contributed by atoms with Crippen LogP contribution in [0.3, 0.4) is 0 Å². The number of likely N-dealkylation sites (N-methyl/N-ethyl adjacent to an activating group) is 1. The van der Waals surface area contributed by atoms with Crippen LogP contribution in [0.15, 0.2) is 53.6 Å². The van der Waals surface area contributed by atoms with Gasteiger partial charge < -0.3 is 15.1 Å². The molecule has 5 nitrogen and oxygen atoms in total. The topological polar surface area (TPSA) is 34.6 Å². The maximum Gasteiger partial charge on any atom is 0.416 e.